The first-order valence-electron chi connectivity index (χ1n) is 7.11. The van der Waals surface area contributed by atoms with Crippen LogP contribution in [0.4, 0.5) is 4.39 Å². The molecule has 3 heteroatoms. The Balaban J connectivity index is 2.19. The van der Waals surface area contributed by atoms with Crippen molar-refractivity contribution in [2.24, 2.45) is 5.73 Å². The topological polar surface area (TPSA) is 26.0 Å². The molecule has 0 unspecified atom stereocenters. The lowest BCUT2D eigenvalue weighted by Gasteiger charge is -2.19. The molecule has 112 valence electrons. The number of rotatable bonds is 3. The van der Waals surface area contributed by atoms with Crippen LogP contribution in [0.2, 0.25) is 0 Å². The van der Waals surface area contributed by atoms with E-state index in [4.69, 9.17) is 5.73 Å². The van der Waals surface area contributed by atoms with Crippen molar-refractivity contribution >= 4 is 11.8 Å². The zero-order chi connectivity index (χ0) is 15.6. The molecule has 1 atom stereocenters. The Morgan fingerprint density at radius 1 is 1.05 bits per heavy atom. The molecule has 2 aromatic carbocycles. The van der Waals surface area contributed by atoms with E-state index in [2.05, 4.69) is 32.9 Å². The maximum atomic E-state index is 14.1. The average molecular weight is 303 g/mol. The minimum absolute atomic E-state index is 0.132. The van der Waals surface area contributed by atoms with Gasteiger partial charge in [0.25, 0.3) is 0 Å². The zero-order valence-corrected chi connectivity index (χ0v) is 13.8. The Hall–Kier alpha value is -1.32. The lowest BCUT2D eigenvalue weighted by Crippen LogP contribution is -2.10. The summed E-state index contributed by atoms with van der Waals surface area (Å²) in [5.74, 6) is -0.213. The predicted molar refractivity (Wildman–Crippen MR) is 88.3 cm³/mol. The Morgan fingerprint density at radius 2 is 1.67 bits per heavy atom. The third kappa shape index (κ3) is 4.08. The van der Waals surface area contributed by atoms with Crippen LogP contribution in [0.25, 0.3) is 0 Å². The normalized spacial score (nSPS) is 13.2. The number of hydrogen-bond donors (Lipinski definition) is 1. The summed E-state index contributed by atoms with van der Waals surface area (Å²) in [5, 5.41) is 0. The fourth-order valence-corrected chi connectivity index (χ4v) is 2.85. The third-order valence-corrected chi connectivity index (χ3v) is 4.49. The lowest BCUT2D eigenvalue weighted by atomic mass is 9.87. The average Bonchev–Trinajstić information content (AvgIpc) is 2.40. The van der Waals surface area contributed by atoms with Crippen LogP contribution in [0.15, 0.2) is 52.3 Å². The molecule has 0 radical (unpaired) electrons. The summed E-state index contributed by atoms with van der Waals surface area (Å²) < 4.78 is 14.1. The van der Waals surface area contributed by atoms with Gasteiger partial charge in [0.1, 0.15) is 5.82 Å². The van der Waals surface area contributed by atoms with Gasteiger partial charge >= 0.3 is 0 Å². The molecule has 1 nitrogen and oxygen atoms in total. The first-order chi connectivity index (χ1) is 9.77. The van der Waals surface area contributed by atoms with Gasteiger partial charge in [0.15, 0.2) is 0 Å². The van der Waals surface area contributed by atoms with E-state index in [1.807, 2.05) is 25.1 Å². The minimum Gasteiger partial charge on any atom is -0.324 e. The van der Waals surface area contributed by atoms with E-state index < -0.39 is 0 Å². The van der Waals surface area contributed by atoms with Gasteiger partial charge in [0.05, 0.1) is 0 Å². The first kappa shape index (κ1) is 16.1. The standard InChI is InChI=1S/C18H22FNS/c1-12(20)13-5-10-17(16(19)11-13)21-15-8-6-14(7-9-15)18(2,3)4/h5-12H,20H2,1-4H3/t12-/m0/s1. The maximum Gasteiger partial charge on any atom is 0.137 e. The SMILES string of the molecule is C[C@H](N)c1ccc(Sc2ccc(C(C)(C)C)cc2)c(F)c1. The van der Waals surface area contributed by atoms with Crippen LogP contribution < -0.4 is 5.73 Å². The van der Waals surface area contributed by atoms with Gasteiger partial charge in [0.2, 0.25) is 0 Å². The summed E-state index contributed by atoms with van der Waals surface area (Å²) in [7, 11) is 0. The third-order valence-electron chi connectivity index (χ3n) is 3.43. The second-order valence-electron chi connectivity index (χ2n) is 6.35. The second-order valence-corrected chi connectivity index (χ2v) is 7.47. The van der Waals surface area contributed by atoms with Crippen LogP contribution in [0.3, 0.4) is 0 Å². The van der Waals surface area contributed by atoms with Gasteiger partial charge in [-0.05, 0) is 47.7 Å². The van der Waals surface area contributed by atoms with Crippen molar-refractivity contribution < 1.29 is 4.39 Å². The highest BCUT2D eigenvalue weighted by Crippen LogP contribution is 2.32. The quantitative estimate of drug-likeness (QED) is 0.833. The highest BCUT2D eigenvalue weighted by atomic mass is 32.2. The van der Waals surface area contributed by atoms with Gasteiger partial charge in [-0.3, -0.25) is 0 Å². The molecule has 0 aliphatic carbocycles. The molecule has 0 saturated heterocycles. The van der Waals surface area contributed by atoms with Crippen LogP contribution in [-0.2, 0) is 5.41 Å². The molecule has 21 heavy (non-hydrogen) atoms. The Bertz CT molecular complexity index is 612. The van der Waals surface area contributed by atoms with E-state index in [9.17, 15) is 4.39 Å². The van der Waals surface area contributed by atoms with Crippen molar-refractivity contribution in [1.29, 1.82) is 0 Å². The van der Waals surface area contributed by atoms with Crippen LogP contribution in [0.5, 0.6) is 0 Å². The van der Waals surface area contributed by atoms with Crippen LogP contribution >= 0.6 is 11.8 Å². The molecule has 0 heterocycles. The molecule has 2 rings (SSSR count). The van der Waals surface area contributed by atoms with E-state index in [1.165, 1.54) is 23.4 Å². The minimum atomic E-state index is -0.213. The van der Waals surface area contributed by atoms with E-state index >= 15 is 0 Å². The van der Waals surface area contributed by atoms with Gasteiger partial charge in [-0.25, -0.2) is 4.39 Å². The highest BCUT2D eigenvalue weighted by molar-refractivity contribution is 7.99. The molecule has 0 spiro atoms. The Kier molecular flexibility index (Phi) is 4.74. The van der Waals surface area contributed by atoms with Crippen molar-refractivity contribution in [1.82, 2.24) is 0 Å². The number of hydrogen-bond acceptors (Lipinski definition) is 2. The fourth-order valence-electron chi connectivity index (χ4n) is 2.03. The summed E-state index contributed by atoms with van der Waals surface area (Å²) >= 11 is 1.44. The van der Waals surface area contributed by atoms with E-state index in [1.54, 1.807) is 6.07 Å². The van der Waals surface area contributed by atoms with Crippen molar-refractivity contribution in [2.45, 2.75) is 48.9 Å². The molecule has 0 aromatic heterocycles. The summed E-state index contributed by atoms with van der Waals surface area (Å²) in [6, 6.07) is 13.4. The lowest BCUT2D eigenvalue weighted by molar-refractivity contribution is 0.589. The first-order valence-corrected chi connectivity index (χ1v) is 7.92. The van der Waals surface area contributed by atoms with Crippen molar-refractivity contribution in [2.75, 3.05) is 0 Å². The number of nitrogens with two attached hydrogens (primary N) is 1. The molecule has 0 aliphatic rings. The monoisotopic (exact) mass is 303 g/mol. The fraction of sp³-hybridized carbons (Fsp3) is 0.333. The van der Waals surface area contributed by atoms with Gasteiger partial charge in [-0.1, -0.05) is 50.7 Å². The van der Waals surface area contributed by atoms with E-state index in [0.29, 0.717) is 4.90 Å². The smallest absolute Gasteiger partial charge is 0.137 e. The van der Waals surface area contributed by atoms with E-state index in [0.717, 1.165) is 10.5 Å². The van der Waals surface area contributed by atoms with E-state index in [-0.39, 0.29) is 17.3 Å². The van der Waals surface area contributed by atoms with Crippen LogP contribution in [0.1, 0.15) is 44.9 Å². The van der Waals surface area contributed by atoms with Gasteiger partial charge < -0.3 is 5.73 Å². The summed E-state index contributed by atoms with van der Waals surface area (Å²) in [6.45, 7) is 8.40. The Morgan fingerprint density at radius 3 is 2.14 bits per heavy atom. The highest BCUT2D eigenvalue weighted by Gasteiger charge is 2.13. The zero-order valence-electron chi connectivity index (χ0n) is 13.0. The predicted octanol–water partition coefficient (Wildman–Crippen LogP) is 5.29. The summed E-state index contributed by atoms with van der Waals surface area (Å²) in [6.07, 6.45) is 0. The largest absolute Gasteiger partial charge is 0.324 e. The molecule has 0 amide bonds. The molecular formula is C18H22FNS. The van der Waals surface area contributed by atoms with Crippen LogP contribution in [-0.4, -0.2) is 0 Å². The molecular weight excluding hydrogens is 281 g/mol. The van der Waals surface area contributed by atoms with Gasteiger partial charge in [0, 0.05) is 15.8 Å². The molecule has 0 aliphatic heterocycles. The summed E-state index contributed by atoms with van der Waals surface area (Å²) in [5.41, 5.74) is 8.00. The molecule has 0 saturated carbocycles. The number of benzene rings is 2. The van der Waals surface area contributed by atoms with Gasteiger partial charge in [-0.15, -0.1) is 0 Å². The molecule has 2 N–H and O–H groups in total. The molecule has 2 aromatic rings. The van der Waals surface area contributed by atoms with Crippen LogP contribution in [0, 0.1) is 5.82 Å². The van der Waals surface area contributed by atoms with Gasteiger partial charge in [-0.2, -0.15) is 0 Å². The molecule has 0 bridgehead atoms. The van der Waals surface area contributed by atoms with Crippen molar-refractivity contribution in [3.8, 4) is 0 Å². The second kappa shape index (κ2) is 6.20. The van der Waals surface area contributed by atoms with Crippen molar-refractivity contribution in [3.05, 3.63) is 59.4 Å². The summed E-state index contributed by atoms with van der Waals surface area (Å²) in [4.78, 5) is 1.67. The number of halogens is 1. The van der Waals surface area contributed by atoms with Crippen molar-refractivity contribution in [3.63, 3.8) is 0 Å². The maximum absolute atomic E-state index is 14.1. The molecule has 0 fully saturated rings. The Labute approximate surface area is 130 Å².